The van der Waals surface area contributed by atoms with Gasteiger partial charge in [-0.25, -0.2) is 9.97 Å². The zero-order valence-corrected chi connectivity index (χ0v) is 14.3. The summed E-state index contributed by atoms with van der Waals surface area (Å²) in [7, 11) is 2.06. The summed E-state index contributed by atoms with van der Waals surface area (Å²) in [6, 6.07) is 1.88. The van der Waals surface area contributed by atoms with Crippen molar-refractivity contribution >= 4 is 32.9 Å². The van der Waals surface area contributed by atoms with E-state index in [0.29, 0.717) is 6.54 Å². The van der Waals surface area contributed by atoms with E-state index in [9.17, 15) is 4.79 Å². The molecule has 3 rings (SSSR count). The third-order valence-corrected chi connectivity index (χ3v) is 5.51. The lowest BCUT2D eigenvalue weighted by molar-refractivity contribution is 0.312. The average molecular weight is 334 g/mol. The molecule has 0 radical (unpaired) electrons. The smallest absolute Gasteiger partial charge is 0.271 e. The topological polar surface area (TPSA) is 51.0 Å². The van der Waals surface area contributed by atoms with Crippen LogP contribution in [0.3, 0.4) is 0 Å². The van der Waals surface area contributed by atoms with Crippen molar-refractivity contribution in [3.05, 3.63) is 44.2 Å². The zero-order valence-electron chi connectivity index (χ0n) is 12.7. The minimum absolute atomic E-state index is 0.0551. The molecule has 116 valence electrons. The van der Waals surface area contributed by atoms with Crippen LogP contribution in [0, 0.1) is 0 Å². The first kappa shape index (κ1) is 15.3. The van der Waals surface area contributed by atoms with Crippen LogP contribution in [0.5, 0.6) is 0 Å². The van der Waals surface area contributed by atoms with Gasteiger partial charge in [0.15, 0.2) is 0 Å². The summed E-state index contributed by atoms with van der Waals surface area (Å²) in [6.07, 6.45) is 4.58. The lowest BCUT2D eigenvalue weighted by Gasteiger charge is -2.15. The second-order valence-electron chi connectivity index (χ2n) is 5.19. The minimum Gasteiger partial charge on any atom is -0.299 e. The van der Waals surface area contributed by atoms with Crippen LogP contribution in [0.25, 0.3) is 10.2 Å². The molecule has 3 heterocycles. The molecule has 0 aliphatic heterocycles. The van der Waals surface area contributed by atoms with E-state index in [0.717, 1.165) is 29.7 Å². The molecule has 0 saturated heterocycles. The van der Waals surface area contributed by atoms with Crippen molar-refractivity contribution in [2.45, 2.75) is 26.4 Å². The van der Waals surface area contributed by atoms with Gasteiger partial charge >= 0.3 is 0 Å². The quantitative estimate of drug-likeness (QED) is 0.695. The Bertz CT molecular complexity index is 820. The second kappa shape index (κ2) is 6.68. The molecule has 22 heavy (non-hydrogen) atoms. The molecular formula is C15H18N4OS2. The van der Waals surface area contributed by atoms with Crippen LogP contribution in [0.1, 0.15) is 16.8 Å². The molecule has 3 aromatic rings. The van der Waals surface area contributed by atoms with Gasteiger partial charge in [0.1, 0.15) is 4.70 Å². The Balaban J connectivity index is 1.63. The van der Waals surface area contributed by atoms with Crippen LogP contribution in [-0.4, -0.2) is 33.0 Å². The first-order valence-electron chi connectivity index (χ1n) is 7.22. The van der Waals surface area contributed by atoms with Gasteiger partial charge in [-0.2, -0.15) is 0 Å². The molecule has 0 bridgehead atoms. The highest BCUT2D eigenvalue weighted by Gasteiger charge is 2.08. The van der Waals surface area contributed by atoms with Gasteiger partial charge in [0.05, 0.1) is 16.9 Å². The van der Waals surface area contributed by atoms with Crippen molar-refractivity contribution in [2.24, 2.45) is 0 Å². The van der Waals surface area contributed by atoms with E-state index in [2.05, 4.69) is 28.8 Å². The summed E-state index contributed by atoms with van der Waals surface area (Å²) in [5, 5.41) is 3.08. The maximum absolute atomic E-state index is 12.3. The first-order chi connectivity index (χ1) is 10.7. The third-order valence-electron chi connectivity index (χ3n) is 3.49. The van der Waals surface area contributed by atoms with Gasteiger partial charge in [-0.1, -0.05) is 6.92 Å². The number of hydrogen-bond donors (Lipinski definition) is 0. The SMILES string of the molecule is CCc1ncc(CN(C)CCn2cnc3ccsc3c2=O)s1. The van der Waals surface area contributed by atoms with Crippen molar-refractivity contribution in [1.29, 1.82) is 0 Å². The molecule has 0 aromatic carbocycles. The number of hydrogen-bond acceptors (Lipinski definition) is 6. The van der Waals surface area contributed by atoms with E-state index in [4.69, 9.17) is 0 Å². The van der Waals surface area contributed by atoms with E-state index >= 15 is 0 Å². The van der Waals surface area contributed by atoms with E-state index < -0.39 is 0 Å². The van der Waals surface area contributed by atoms with Crippen LogP contribution < -0.4 is 5.56 Å². The fourth-order valence-corrected chi connectivity index (χ4v) is 3.98. The Morgan fingerprint density at radius 3 is 3.00 bits per heavy atom. The molecule has 0 unspecified atom stereocenters. The highest BCUT2D eigenvalue weighted by Crippen LogP contribution is 2.15. The number of fused-ring (bicyclic) bond motifs is 1. The molecule has 0 saturated carbocycles. The van der Waals surface area contributed by atoms with E-state index in [1.165, 1.54) is 21.2 Å². The fourth-order valence-electron chi connectivity index (χ4n) is 2.25. The van der Waals surface area contributed by atoms with Crippen LogP contribution >= 0.6 is 22.7 Å². The van der Waals surface area contributed by atoms with E-state index in [1.807, 2.05) is 17.6 Å². The predicted octanol–water partition coefficient (Wildman–Crippen LogP) is 2.61. The first-order valence-corrected chi connectivity index (χ1v) is 8.91. The number of aromatic nitrogens is 3. The summed E-state index contributed by atoms with van der Waals surface area (Å²) in [6.45, 7) is 4.43. The predicted molar refractivity (Wildman–Crippen MR) is 91.7 cm³/mol. The summed E-state index contributed by atoms with van der Waals surface area (Å²) in [5.74, 6) is 0. The van der Waals surface area contributed by atoms with E-state index in [1.54, 1.807) is 22.2 Å². The highest BCUT2D eigenvalue weighted by molar-refractivity contribution is 7.17. The monoisotopic (exact) mass is 334 g/mol. The summed E-state index contributed by atoms with van der Waals surface area (Å²) < 4.78 is 2.43. The molecule has 5 nitrogen and oxygen atoms in total. The summed E-state index contributed by atoms with van der Waals surface area (Å²) in [4.78, 5) is 24.5. The Morgan fingerprint density at radius 2 is 2.23 bits per heavy atom. The van der Waals surface area contributed by atoms with E-state index in [-0.39, 0.29) is 5.56 Å². The Morgan fingerprint density at radius 1 is 1.36 bits per heavy atom. The standard InChI is InChI=1S/C15H18N4OS2/c1-3-13-16-8-11(22-13)9-18(2)5-6-19-10-17-12-4-7-21-14(12)15(19)20/h4,7-8,10H,3,5-6,9H2,1-2H3. The lowest BCUT2D eigenvalue weighted by Crippen LogP contribution is -2.28. The largest absolute Gasteiger partial charge is 0.299 e. The van der Waals surface area contributed by atoms with Crippen molar-refractivity contribution < 1.29 is 0 Å². The number of thiophene rings is 1. The van der Waals surface area contributed by atoms with Crippen LogP contribution in [0.4, 0.5) is 0 Å². The van der Waals surface area contributed by atoms with Crippen LogP contribution in [0.15, 0.2) is 28.8 Å². The number of nitrogens with zero attached hydrogens (tertiary/aromatic N) is 4. The van der Waals surface area contributed by atoms with Gasteiger partial charge in [0.25, 0.3) is 5.56 Å². The average Bonchev–Trinajstić information content (AvgIpc) is 3.15. The molecule has 0 spiro atoms. The highest BCUT2D eigenvalue weighted by atomic mass is 32.1. The summed E-state index contributed by atoms with van der Waals surface area (Å²) >= 11 is 3.21. The van der Waals surface area contributed by atoms with Gasteiger partial charge < -0.3 is 0 Å². The molecule has 0 fully saturated rings. The fraction of sp³-hybridized carbons (Fsp3) is 0.400. The second-order valence-corrected chi connectivity index (χ2v) is 7.31. The minimum atomic E-state index is 0.0551. The van der Waals surface area contributed by atoms with Crippen molar-refractivity contribution in [3.8, 4) is 0 Å². The molecule has 0 N–H and O–H groups in total. The van der Waals surface area contributed by atoms with Gasteiger partial charge in [0, 0.05) is 30.7 Å². The maximum atomic E-state index is 12.3. The van der Waals surface area contributed by atoms with Gasteiger partial charge in [0.2, 0.25) is 0 Å². The maximum Gasteiger partial charge on any atom is 0.271 e. The molecule has 0 aliphatic rings. The van der Waals surface area contributed by atoms with Gasteiger partial charge in [-0.15, -0.1) is 22.7 Å². The van der Waals surface area contributed by atoms with Crippen molar-refractivity contribution in [2.75, 3.05) is 13.6 Å². The Kier molecular flexibility index (Phi) is 4.66. The molecule has 0 atom stereocenters. The van der Waals surface area contributed by atoms with Crippen LogP contribution in [0.2, 0.25) is 0 Å². The number of rotatable bonds is 6. The zero-order chi connectivity index (χ0) is 15.5. The molecule has 0 amide bonds. The van der Waals surface area contributed by atoms with Gasteiger partial charge in [-0.05, 0) is 24.9 Å². The van der Waals surface area contributed by atoms with Gasteiger partial charge in [-0.3, -0.25) is 14.3 Å². The Labute approximate surface area is 136 Å². The molecule has 3 aromatic heterocycles. The van der Waals surface area contributed by atoms with Crippen molar-refractivity contribution in [1.82, 2.24) is 19.4 Å². The number of thiazole rings is 1. The third kappa shape index (κ3) is 3.26. The molecule has 7 heteroatoms. The van der Waals surface area contributed by atoms with Crippen LogP contribution in [-0.2, 0) is 19.5 Å². The number of likely N-dealkylation sites (N-methyl/N-ethyl adjacent to an activating group) is 1. The summed E-state index contributed by atoms with van der Waals surface area (Å²) in [5.41, 5.74) is 0.843. The molecular weight excluding hydrogens is 316 g/mol. The lowest BCUT2D eigenvalue weighted by atomic mass is 10.4. The molecule has 0 aliphatic carbocycles. The number of aryl methyl sites for hydroxylation is 1. The van der Waals surface area contributed by atoms with Crippen molar-refractivity contribution in [3.63, 3.8) is 0 Å². The Hall–Kier alpha value is -1.57. The normalized spacial score (nSPS) is 11.6.